The normalized spacial score (nSPS) is 27.0. The second-order valence-corrected chi connectivity index (χ2v) is 7.18. The van der Waals surface area contributed by atoms with Gasteiger partial charge in [-0.25, -0.2) is 0 Å². The number of ether oxygens (including phenoxy) is 1. The summed E-state index contributed by atoms with van der Waals surface area (Å²) in [4.78, 5) is 13.0. The smallest absolute Gasteiger partial charge is 0.276 e. The summed E-state index contributed by atoms with van der Waals surface area (Å²) in [5.74, 6) is -1.95. The highest BCUT2D eigenvalue weighted by molar-refractivity contribution is 6.09. The molecule has 4 rings (SSSR count). The third-order valence-corrected chi connectivity index (χ3v) is 5.38. The molecule has 1 aliphatic heterocycles. The summed E-state index contributed by atoms with van der Waals surface area (Å²) >= 11 is 0. The Morgan fingerprint density at radius 2 is 1.67 bits per heavy atom. The fraction of sp³-hybridized carbons (Fsp3) is 0.350. The second-order valence-electron chi connectivity index (χ2n) is 7.18. The van der Waals surface area contributed by atoms with Crippen LogP contribution >= 0.6 is 0 Å². The molecule has 0 saturated heterocycles. The van der Waals surface area contributed by atoms with E-state index in [-0.39, 0.29) is 5.92 Å². The van der Waals surface area contributed by atoms with Gasteiger partial charge >= 0.3 is 0 Å². The molecule has 4 nitrogen and oxygen atoms in total. The van der Waals surface area contributed by atoms with Crippen molar-refractivity contribution in [1.82, 2.24) is 0 Å². The molecular weight excluding hydrogens is 304 g/mol. The van der Waals surface area contributed by atoms with Crippen LogP contribution in [-0.2, 0) is 11.4 Å². The summed E-state index contributed by atoms with van der Waals surface area (Å²) in [5.41, 5.74) is 1.77. The van der Waals surface area contributed by atoms with Crippen molar-refractivity contribution in [2.75, 3.05) is 0 Å². The van der Waals surface area contributed by atoms with Gasteiger partial charge in [0.2, 0.25) is 11.4 Å². The summed E-state index contributed by atoms with van der Waals surface area (Å²) in [6.45, 7) is 7.90. The predicted octanol–water partition coefficient (Wildman–Crippen LogP) is 3.05. The third-order valence-electron chi connectivity index (χ3n) is 5.38. The zero-order chi connectivity index (χ0) is 17.4. The summed E-state index contributed by atoms with van der Waals surface area (Å²) < 4.78 is 5.79. The molecule has 2 aromatic carbocycles. The number of aryl methyl sites for hydroxylation is 2. The molecule has 1 heterocycles. The number of carbonyl (C=O) groups excluding carboxylic acids is 1. The lowest BCUT2D eigenvalue weighted by Gasteiger charge is -2.28. The minimum Gasteiger partial charge on any atom is -0.454 e. The molecule has 2 N–H and O–H groups in total. The maximum absolute atomic E-state index is 13.0. The Balaban J connectivity index is 1.97. The summed E-state index contributed by atoms with van der Waals surface area (Å²) in [6, 6.07) is 8.79. The highest BCUT2D eigenvalue weighted by atomic mass is 16.7. The van der Waals surface area contributed by atoms with Crippen molar-refractivity contribution in [1.29, 1.82) is 0 Å². The SMILES string of the molecule is Cc1cc2c(cc1C)C1(O)Oc3cc(C(C)C)ccc3C1(O)C2=O. The molecule has 4 heteroatoms. The lowest BCUT2D eigenvalue weighted by Crippen LogP contribution is -2.48. The van der Waals surface area contributed by atoms with Crippen molar-refractivity contribution in [3.8, 4) is 5.75 Å². The Bertz CT molecular complexity index is 899. The van der Waals surface area contributed by atoms with Crippen molar-refractivity contribution in [3.63, 3.8) is 0 Å². The molecule has 2 aromatic rings. The third kappa shape index (κ3) is 1.57. The van der Waals surface area contributed by atoms with Crippen LogP contribution in [0.15, 0.2) is 30.3 Å². The van der Waals surface area contributed by atoms with E-state index in [2.05, 4.69) is 0 Å². The first kappa shape index (κ1) is 15.4. The maximum Gasteiger partial charge on any atom is 0.276 e. The largest absolute Gasteiger partial charge is 0.454 e. The van der Waals surface area contributed by atoms with E-state index in [1.54, 1.807) is 24.3 Å². The molecule has 0 aromatic heterocycles. The zero-order valence-corrected chi connectivity index (χ0v) is 14.2. The van der Waals surface area contributed by atoms with Gasteiger partial charge in [-0.3, -0.25) is 4.79 Å². The first-order valence-corrected chi connectivity index (χ1v) is 8.15. The Morgan fingerprint density at radius 1 is 1.00 bits per heavy atom. The molecule has 0 radical (unpaired) electrons. The standard InChI is InChI=1S/C20H20O4/c1-10(2)13-5-6-15-17(9-13)24-20(23)16-8-12(4)11(3)7-14(16)18(21)19(15,20)22/h5-10,22-23H,1-4H3. The number of benzene rings is 2. The number of aliphatic hydroxyl groups is 2. The summed E-state index contributed by atoms with van der Waals surface area (Å²) in [6.07, 6.45) is 0. The van der Waals surface area contributed by atoms with Gasteiger partial charge in [0, 0.05) is 16.7 Å². The molecule has 2 aliphatic rings. The number of fused-ring (bicyclic) bond motifs is 5. The lowest BCUT2D eigenvalue weighted by molar-refractivity contribution is -0.224. The maximum atomic E-state index is 13.0. The quantitative estimate of drug-likeness (QED) is 0.846. The lowest BCUT2D eigenvalue weighted by atomic mass is 9.86. The molecule has 24 heavy (non-hydrogen) atoms. The van der Waals surface area contributed by atoms with Gasteiger partial charge in [-0.15, -0.1) is 0 Å². The van der Waals surface area contributed by atoms with Crippen LogP contribution in [-0.4, -0.2) is 16.0 Å². The summed E-state index contributed by atoms with van der Waals surface area (Å²) in [5, 5.41) is 22.4. The molecule has 2 unspecified atom stereocenters. The van der Waals surface area contributed by atoms with Crippen molar-refractivity contribution < 1.29 is 19.7 Å². The molecule has 0 bridgehead atoms. The minimum absolute atomic E-state index is 0.275. The first-order chi connectivity index (χ1) is 11.2. The number of hydrogen-bond donors (Lipinski definition) is 2. The van der Waals surface area contributed by atoms with E-state index >= 15 is 0 Å². The van der Waals surface area contributed by atoms with E-state index in [9.17, 15) is 15.0 Å². The number of carbonyl (C=O) groups is 1. The average molecular weight is 324 g/mol. The van der Waals surface area contributed by atoms with Gasteiger partial charge in [-0.1, -0.05) is 26.0 Å². The zero-order valence-electron chi connectivity index (χ0n) is 14.2. The molecule has 0 saturated carbocycles. The number of rotatable bonds is 1. The van der Waals surface area contributed by atoms with Crippen LogP contribution in [0, 0.1) is 13.8 Å². The Hall–Kier alpha value is -2.17. The van der Waals surface area contributed by atoms with Crippen LogP contribution in [0.1, 0.15) is 57.9 Å². The van der Waals surface area contributed by atoms with Crippen LogP contribution in [0.3, 0.4) is 0 Å². The molecule has 0 fully saturated rings. The topological polar surface area (TPSA) is 66.8 Å². The van der Waals surface area contributed by atoms with Crippen LogP contribution in [0.4, 0.5) is 0 Å². The van der Waals surface area contributed by atoms with Gasteiger partial charge in [-0.05, 0) is 54.7 Å². The highest BCUT2D eigenvalue weighted by Gasteiger charge is 2.70. The Labute approximate surface area is 140 Å². The van der Waals surface area contributed by atoms with Gasteiger partial charge < -0.3 is 14.9 Å². The fourth-order valence-corrected chi connectivity index (χ4v) is 3.70. The van der Waals surface area contributed by atoms with Crippen LogP contribution in [0.5, 0.6) is 5.75 Å². The predicted molar refractivity (Wildman–Crippen MR) is 89.2 cm³/mol. The molecule has 1 aliphatic carbocycles. The van der Waals surface area contributed by atoms with E-state index in [4.69, 9.17) is 4.74 Å². The van der Waals surface area contributed by atoms with Gasteiger partial charge in [0.15, 0.2) is 0 Å². The van der Waals surface area contributed by atoms with Crippen LogP contribution in [0.25, 0.3) is 0 Å². The average Bonchev–Trinajstić information content (AvgIpc) is 2.85. The first-order valence-electron chi connectivity index (χ1n) is 8.15. The molecule has 0 spiro atoms. The highest BCUT2D eigenvalue weighted by Crippen LogP contribution is 2.58. The van der Waals surface area contributed by atoms with Gasteiger partial charge in [0.25, 0.3) is 5.79 Å². The van der Waals surface area contributed by atoms with Crippen LogP contribution in [0.2, 0.25) is 0 Å². The monoisotopic (exact) mass is 324 g/mol. The van der Waals surface area contributed by atoms with E-state index in [0.717, 1.165) is 16.7 Å². The van der Waals surface area contributed by atoms with Crippen molar-refractivity contribution in [2.45, 2.75) is 45.0 Å². The number of Topliss-reactive ketones (excluding diaryl/α,β-unsaturated/α-hetero) is 1. The van der Waals surface area contributed by atoms with Gasteiger partial charge in [0.05, 0.1) is 0 Å². The van der Waals surface area contributed by atoms with Crippen molar-refractivity contribution >= 4 is 5.78 Å². The second kappa shape index (κ2) is 4.47. The van der Waals surface area contributed by atoms with E-state index < -0.39 is 17.2 Å². The van der Waals surface area contributed by atoms with Crippen molar-refractivity contribution in [2.24, 2.45) is 0 Å². The van der Waals surface area contributed by atoms with Gasteiger partial charge in [-0.2, -0.15) is 0 Å². The molecule has 124 valence electrons. The van der Waals surface area contributed by atoms with Gasteiger partial charge in [0.1, 0.15) is 5.75 Å². The van der Waals surface area contributed by atoms with Crippen molar-refractivity contribution in [3.05, 3.63) is 63.7 Å². The van der Waals surface area contributed by atoms with E-state index in [1.807, 2.05) is 33.8 Å². The fourth-order valence-electron chi connectivity index (χ4n) is 3.70. The van der Waals surface area contributed by atoms with Crippen LogP contribution < -0.4 is 4.74 Å². The van der Waals surface area contributed by atoms with E-state index in [1.165, 1.54) is 0 Å². The number of ketones is 1. The molecule has 2 atom stereocenters. The Kier molecular flexibility index (Phi) is 2.86. The summed E-state index contributed by atoms with van der Waals surface area (Å²) in [7, 11) is 0. The number of hydrogen-bond acceptors (Lipinski definition) is 4. The molecule has 0 amide bonds. The molecular formula is C20H20O4. The minimum atomic E-state index is -2.10. The Morgan fingerprint density at radius 3 is 2.33 bits per heavy atom. The van der Waals surface area contributed by atoms with E-state index in [0.29, 0.717) is 22.4 Å².